The van der Waals surface area contributed by atoms with E-state index in [4.69, 9.17) is 5.73 Å². The topological polar surface area (TPSA) is 104 Å². The number of hydrogen-bond donors (Lipinski definition) is 1. The number of nitriles is 1. The molecule has 3 heterocycles. The van der Waals surface area contributed by atoms with Crippen LogP contribution in [0.15, 0.2) is 30.6 Å². The maximum absolute atomic E-state index is 13.7. The lowest BCUT2D eigenvalue weighted by Crippen LogP contribution is -2.60. The number of nitrogens with two attached hydrogens (primary N) is 1. The van der Waals surface area contributed by atoms with Crippen molar-refractivity contribution in [3.05, 3.63) is 41.7 Å². The molecule has 4 rings (SSSR count). The van der Waals surface area contributed by atoms with E-state index in [1.165, 1.54) is 6.92 Å². The van der Waals surface area contributed by atoms with Crippen LogP contribution >= 0.6 is 0 Å². The molecule has 1 saturated heterocycles. The Morgan fingerprint density at radius 1 is 1.24 bits per heavy atom. The van der Waals surface area contributed by atoms with Gasteiger partial charge in [-0.25, -0.2) is 9.50 Å². The van der Waals surface area contributed by atoms with Crippen molar-refractivity contribution in [2.24, 2.45) is 0 Å². The van der Waals surface area contributed by atoms with Crippen LogP contribution in [0.5, 0.6) is 0 Å². The Morgan fingerprint density at radius 3 is 2.58 bits per heavy atom. The molecule has 2 aromatic heterocycles. The van der Waals surface area contributed by atoms with Crippen LogP contribution in [0.2, 0.25) is 0 Å². The van der Waals surface area contributed by atoms with Gasteiger partial charge in [-0.15, -0.1) is 0 Å². The van der Waals surface area contributed by atoms with Gasteiger partial charge in [-0.05, 0) is 32.0 Å². The lowest BCUT2D eigenvalue weighted by atomic mass is 9.96. The zero-order valence-electron chi connectivity index (χ0n) is 18.3. The summed E-state index contributed by atoms with van der Waals surface area (Å²) < 4.78 is 42.2. The van der Waals surface area contributed by atoms with E-state index in [1.54, 1.807) is 23.1 Å². The molecule has 1 aliphatic heterocycles. The van der Waals surface area contributed by atoms with E-state index >= 15 is 0 Å². The average molecular weight is 457 g/mol. The molecule has 0 bridgehead atoms. The molecule has 0 aliphatic carbocycles. The van der Waals surface area contributed by atoms with Gasteiger partial charge in [-0.2, -0.15) is 23.5 Å². The van der Waals surface area contributed by atoms with Crippen LogP contribution in [-0.2, 0) is 11.0 Å². The molecule has 33 heavy (non-hydrogen) atoms. The number of amides is 1. The SMILES string of the molecule is CC(=O)N1CCN(c2cc(-c3cc(C(F)(F)F)c4c(N)ncnn34)ccc2C#N)CC1(C)C. The van der Waals surface area contributed by atoms with Crippen molar-refractivity contribution in [2.75, 3.05) is 30.3 Å². The third-order valence-electron chi connectivity index (χ3n) is 5.92. The minimum atomic E-state index is -4.65. The number of nitrogen functional groups attached to an aromatic ring is 1. The highest BCUT2D eigenvalue weighted by Gasteiger charge is 2.38. The van der Waals surface area contributed by atoms with Crippen LogP contribution < -0.4 is 10.6 Å². The van der Waals surface area contributed by atoms with Crippen LogP contribution in [0.25, 0.3) is 16.8 Å². The molecule has 11 heteroatoms. The van der Waals surface area contributed by atoms with E-state index in [2.05, 4.69) is 16.2 Å². The van der Waals surface area contributed by atoms with Gasteiger partial charge in [0.25, 0.3) is 0 Å². The fourth-order valence-corrected chi connectivity index (χ4v) is 4.48. The molecule has 1 amide bonds. The highest BCUT2D eigenvalue weighted by molar-refractivity contribution is 5.80. The van der Waals surface area contributed by atoms with E-state index in [9.17, 15) is 23.2 Å². The number of carbonyl (C=O) groups excluding carboxylic acids is 1. The number of halogens is 3. The molecule has 0 spiro atoms. The summed E-state index contributed by atoms with van der Waals surface area (Å²) >= 11 is 0. The van der Waals surface area contributed by atoms with Gasteiger partial charge < -0.3 is 15.5 Å². The van der Waals surface area contributed by atoms with Gasteiger partial charge >= 0.3 is 6.18 Å². The predicted octanol–water partition coefficient (Wildman–Crippen LogP) is 3.32. The zero-order chi connectivity index (χ0) is 24.1. The van der Waals surface area contributed by atoms with E-state index in [0.29, 0.717) is 36.4 Å². The third-order valence-corrected chi connectivity index (χ3v) is 5.92. The molecular weight excluding hydrogens is 435 g/mol. The molecule has 2 N–H and O–H groups in total. The first-order valence-corrected chi connectivity index (χ1v) is 10.2. The molecular formula is C22H22F3N7O. The van der Waals surface area contributed by atoms with Gasteiger partial charge in [0.2, 0.25) is 5.91 Å². The number of fused-ring (bicyclic) bond motifs is 1. The summed E-state index contributed by atoms with van der Waals surface area (Å²) in [7, 11) is 0. The minimum absolute atomic E-state index is 0.0366. The molecule has 0 saturated carbocycles. The van der Waals surface area contributed by atoms with Crippen LogP contribution in [0, 0.1) is 11.3 Å². The summed E-state index contributed by atoms with van der Waals surface area (Å²) in [6.45, 7) is 6.80. The molecule has 0 radical (unpaired) electrons. The molecule has 3 aromatic rings. The van der Waals surface area contributed by atoms with E-state index in [0.717, 1.165) is 16.9 Å². The number of piperazine rings is 1. The van der Waals surface area contributed by atoms with E-state index in [1.807, 2.05) is 18.7 Å². The number of anilines is 2. The number of nitrogens with zero attached hydrogens (tertiary/aromatic N) is 6. The summed E-state index contributed by atoms with van der Waals surface area (Å²) in [6.07, 6.45) is -3.55. The molecule has 1 aromatic carbocycles. The van der Waals surface area contributed by atoms with Crippen molar-refractivity contribution >= 4 is 22.9 Å². The Bertz CT molecular complexity index is 1290. The minimum Gasteiger partial charge on any atom is -0.382 e. The molecule has 0 atom stereocenters. The largest absolute Gasteiger partial charge is 0.418 e. The zero-order valence-corrected chi connectivity index (χ0v) is 18.3. The number of rotatable bonds is 2. The Labute approximate surface area is 188 Å². The van der Waals surface area contributed by atoms with Crippen LogP contribution in [0.1, 0.15) is 31.9 Å². The second-order valence-corrected chi connectivity index (χ2v) is 8.60. The van der Waals surface area contributed by atoms with Gasteiger partial charge in [-0.3, -0.25) is 4.79 Å². The lowest BCUT2D eigenvalue weighted by Gasteiger charge is -2.47. The molecule has 0 unspecified atom stereocenters. The summed E-state index contributed by atoms with van der Waals surface area (Å²) in [5.74, 6) is -0.315. The smallest absolute Gasteiger partial charge is 0.382 e. The van der Waals surface area contributed by atoms with E-state index < -0.39 is 17.3 Å². The van der Waals surface area contributed by atoms with Gasteiger partial charge in [0.1, 0.15) is 17.9 Å². The highest BCUT2D eigenvalue weighted by atomic mass is 19.4. The summed E-state index contributed by atoms with van der Waals surface area (Å²) in [6, 6.07) is 7.98. The van der Waals surface area contributed by atoms with Crippen molar-refractivity contribution in [1.29, 1.82) is 5.26 Å². The number of alkyl halides is 3. The first kappa shape index (κ1) is 22.4. The second-order valence-electron chi connectivity index (χ2n) is 8.60. The van der Waals surface area contributed by atoms with Crippen LogP contribution in [0.3, 0.4) is 0 Å². The summed E-state index contributed by atoms with van der Waals surface area (Å²) in [5, 5.41) is 13.7. The molecule has 1 aliphatic rings. The average Bonchev–Trinajstić information content (AvgIpc) is 3.14. The first-order chi connectivity index (χ1) is 15.4. The standard InChI is InChI=1S/C22H22F3N7O/c1-13(33)31-7-6-30(11-21(31,2)3)17-8-14(4-5-15(17)10-26)18-9-16(22(23,24)25)19-20(27)28-12-29-32(18)19/h4-5,8-9,12H,6-7,11H2,1-3H3,(H2,27,28,29). The Morgan fingerprint density at radius 2 is 1.97 bits per heavy atom. The Balaban J connectivity index is 1.84. The van der Waals surface area contributed by atoms with Crippen molar-refractivity contribution in [2.45, 2.75) is 32.5 Å². The van der Waals surface area contributed by atoms with Gasteiger partial charge in [-0.1, -0.05) is 6.07 Å². The quantitative estimate of drug-likeness (QED) is 0.633. The third kappa shape index (κ3) is 3.82. The fourth-order valence-electron chi connectivity index (χ4n) is 4.48. The highest BCUT2D eigenvalue weighted by Crippen LogP contribution is 2.40. The Hall–Kier alpha value is -3.81. The van der Waals surface area contributed by atoms with Crippen LogP contribution in [0.4, 0.5) is 24.7 Å². The monoisotopic (exact) mass is 457 g/mol. The number of carbonyl (C=O) groups is 1. The first-order valence-electron chi connectivity index (χ1n) is 10.2. The van der Waals surface area contributed by atoms with Crippen molar-refractivity contribution in [3.8, 4) is 17.3 Å². The van der Waals surface area contributed by atoms with E-state index in [-0.39, 0.29) is 22.9 Å². The predicted molar refractivity (Wildman–Crippen MR) is 116 cm³/mol. The maximum Gasteiger partial charge on any atom is 0.418 e. The Kier molecular flexibility index (Phi) is 5.19. The number of hydrogen-bond acceptors (Lipinski definition) is 6. The lowest BCUT2D eigenvalue weighted by molar-refractivity contribution is -0.136. The van der Waals surface area contributed by atoms with Gasteiger partial charge in [0, 0.05) is 32.1 Å². The normalized spacial score (nSPS) is 16.2. The number of benzene rings is 1. The second kappa shape index (κ2) is 7.65. The van der Waals surface area contributed by atoms with Crippen LogP contribution in [-0.4, -0.2) is 50.6 Å². The number of aromatic nitrogens is 3. The van der Waals surface area contributed by atoms with Crippen molar-refractivity contribution < 1.29 is 18.0 Å². The summed E-state index contributed by atoms with van der Waals surface area (Å²) in [4.78, 5) is 19.5. The van der Waals surface area contributed by atoms with Gasteiger partial charge in [0.05, 0.1) is 28.0 Å². The van der Waals surface area contributed by atoms with Gasteiger partial charge in [0.15, 0.2) is 5.82 Å². The molecule has 8 nitrogen and oxygen atoms in total. The maximum atomic E-state index is 13.7. The molecule has 1 fully saturated rings. The van der Waals surface area contributed by atoms with Crippen molar-refractivity contribution in [1.82, 2.24) is 19.5 Å². The molecule has 172 valence electrons. The fraction of sp³-hybridized carbons (Fsp3) is 0.364. The summed E-state index contributed by atoms with van der Waals surface area (Å²) in [5.41, 5.74) is 5.60. The van der Waals surface area contributed by atoms with Crippen molar-refractivity contribution in [3.63, 3.8) is 0 Å².